The van der Waals surface area contributed by atoms with Gasteiger partial charge in [0, 0.05) is 36.2 Å². The van der Waals surface area contributed by atoms with Gasteiger partial charge in [-0.15, -0.1) is 0 Å². The van der Waals surface area contributed by atoms with E-state index in [-0.39, 0.29) is 17.2 Å². The van der Waals surface area contributed by atoms with Crippen molar-refractivity contribution in [3.8, 4) is 5.75 Å². The number of piperazine rings is 1. The van der Waals surface area contributed by atoms with Crippen LogP contribution in [0.5, 0.6) is 5.75 Å². The van der Waals surface area contributed by atoms with Gasteiger partial charge in [-0.1, -0.05) is 40.5 Å². The molecule has 5 nitrogen and oxygen atoms in total. The largest absolute Gasteiger partial charge is 0.497 e. The number of hydrogen-bond donors (Lipinski definition) is 0. The SMILES string of the molecule is COc1cccc(C(=O)N2CCN(C(=O)C3(c4ccc(Br)cc4)CCC3)CC2)c1. The Morgan fingerprint density at radius 3 is 2.21 bits per heavy atom. The van der Waals surface area contributed by atoms with Crippen molar-refractivity contribution >= 4 is 27.7 Å². The molecule has 0 N–H and O–H groups in total. The van der Waals surface area contributed by atoms with Crippen LogP contribution in [0.3, 0.4) is 0 Å². The number of halogens is 1. The Morgan fingerprint density at radius 2 is 1.62 bits per heavy atom. The Kier molecular flexibility index (Phi) is 5.63. The van der Waals surface area contributed by atoms with Gasteiger partial charge in [-0.05, 0) is 48.7 Å². The Morgan fingerprint density at radius 1 is 0.966 bits per heavy atom. The molecule has 1 saturated heterocycles. The second-order valence-electron chi connectivity index (χ2n) is 7.76. The van der Waals surface area contributed by atoms with Gasteiger partial charge >= 0.3 is 0 Å². The minimum absolute atomic E-state index is 0.0118. The lowest BCUT2D eigenvalue weighted by atomic mass is 9.63. The molecule has 0 bridgehead atoms. The third kappa shape index (κ3) is 3.78. The molecule has 4 rings (SSSR count). The minimum atomic E-state index is -0.389. The van der Waals surface area contributed by atoms with Crippen LogP contribution in [0.2, 0.25) is 0 Å². The topological polar surface area (TPSA) is 49.9 Å². The first-order valence-corrected chi connectivity index (χ1v) is 10.8. The van der Waals surface area contributed by atoms with E-state index < -0.39 is 0 Å². The van der Waals surface area contributed by atoms with E-state index in [0.717, 1.165) is 29.3 Å². The van der Waals surface area contributed by atoms with E-state index in [1.807, 2.05) is 34.1 Å². The van der Waals surface area contributed by atoms with E-state index in [1.54, 1.807) is 19.2 Å². The molecule has 0 atom stereocenters. The molecule has 1 saturated carbocycles. The van der Waals surface area contributed by atoms with Crippen molar-refractivity contribution in [3.05, 3.63) is 64.1 Å². The molecule has 1 aliphatic carbocycles. The number of rotatable bonds is 4. The molecule has 2 aromatic rings. The van der Waals surface area contributed by atoms with Crippen LogP contribution in [-0.2, 0) is 10.2 Å². The Bertz CT molecular complexity index is 901. The van der Waals surface area contributed by atoms with Crippen LogP contribution in [0, 0.1) is 0 Å². The highest BCUT2D eigenvalue weighted by Gasteiger charge is 2.48. The summed E-state index contributed by atoms with van der Waals surface area (Å²) in [4.78, 5) is 30.0. The molecule has 2 aromatic carbocycles. The van der Waals surface area contributed by atoms with Gasteiger partial charge in [-0.3, -0.25) is 9.59 Å². The van der Waals surface area contributed by atoms with Crippen LogP contribution in [0.25, 0.3) is 0 Å². The van der Waals surface area contributed by atoms with Crippen LogP contribution < -0.4 is 4.74 Å². The lowest BCUT2D eigenvalue weighted by Crippen LogP contribution is -2.57. The summed E-state index contributed by atoms with van der Waals surface area (Å²) < 4.78 is 6.24. The molecule has 1 aliphatic heterocycles. The second kappa shape index (κ2) is 8.19. The predicted molar refractivity (Wildman–Crippen MR) is 115 cm³/mol. The summed E-state index contributed by atoms with van der Waals surface area (Å²) in [6.45, 7) is 2.26. The van der Waals surface area contributed by atoms with Crippen LogP contribution in [0.15, 0.2) is 53.0 Å². The molecule has 29 heavy (non-hydrogen) atoms. The molecule has 1 heterocycles. The second-order valence-corrected chi connectivity index (χ2v) is 8.67. The molecule has 0 spiro atoms. The van der Waals surface area contributed by atoms with Gasteiger partial charge in [0.1, 0.15) is 5.75 Å². The van der Waals surface area contributed by atoms with Gasteiger partial charge in [-0.2, -0.15) is 0 Å². The number of amides is 2. The summed E-state index contributed by atoms with van der Waals surface area (Å²) in [7, 11) is 1.59. The number of methoxy groups -OCH3 is 1. The van der Waals surface area contributed by atoms with Crippen LogP contribution in [0.4, 0.5) is 0 Å². The maximum atomic E-state index is 13.4. The normalized spacial score (nSPS) is 18.1. The Labute approximate surface area is 179 Å². The highest BCUT2D eigenvalue weighted by Crippen LogP contribution is 2.45. The first-order valence-electron chi connectivity index (χ1n) is 10.0. The number of ether oxygens (including phenoxy) is 1. The van der Waals surface area contributed by atoms with Crippen molar-refractivity contribution in [2.75, 3.05) is 33.3 Å². The maximum absolute atomic E-state index is 13.4. The van der Waals surface area contributed by atoms with Crippen LogP contribution >= 0.6 is 15.9 Å². The van der Waals surface area contributed by atoms with Crippen molar-refractivity contribution in [2.24, 2.45) is 0 Å². The zero-order chi connectivity index (χ0) is 20.4. The van der Waals surface area contributed by atoms with Gasteiger partial charge in [-0.25, -0.2) is 0 Å². The summed E-state index contributed by atoms with van der Waals surface area (Å²) in [5, 5.41) is 0. The minimum Gasteiger partial charge on any atom is -0.497 e. The van der Waals surface area contributed by atoms with Crippen molar-refractivity contribution in [1.82, 2.24) is 9.80 Å². The number of benzene rings is 2. The average Bonchev–Trinajstić information content (AvgIpc) is 2.74. The fraction of sp³-hybridized carbons (Fsp3) is 0.391. The van der Waals surface area contributed by atoms with Gasteiger partial charge in [0.2, 0.25) is 5.91 Å². The van der Waals surface area contributed by atoms with E-state index in [9.17, 15) is 9.59 Å². The quantitative estimate of drug-likeness (QED) is 0.701. The monoisotopic (exact) mass is 456 g/mol. The zero-order valence-corrected chi connectivity index (χ0v) is 18.2. The number of carbonyl (C=O) groups is 2. The third-order valence-electron chi connectivity index (χ3n) is 6.18. The lowest BCUT2D eigenvalue weighted by Gasteiger charge is -2.46. The van der Waals surface area contributed by atoms with Crippen LogP contribution in [0.1, 0.15) is 35.2 Å². The molecule has 0 radical (unpaired) electrons. The zero-order valence-electron chi connectivity index (χ0n) is 16.6. The lowest BCUT2D eigenvalue weighted by molar-refractivity contribution is -0.142. The fourth-order valence-electron chi connectivity index (χ4n) is 4.28. The van der Waals surface area contributed by atoms with E-state index in [0.29, 0.717) is 37.5 Å². The summed E-state index contributed by atoms with van der Waals surface area (Å²) in [5.41, 5.74) is 1.33. The first kappa shape index (κ1) is 20.0. The summed E-state index contributed by atoms with van der Waals surface area (Å²) in [6.07, 6.45) is 2.88. The van der Waals surface area contributed by atoms with E-state index >= 15 is 0 Å². The molecule has 0 aromatic heterocycles. The van der Waals surface area contributed by atoms with Crippen molar-refractivity contribution in [2.45, 2.75) is 24.7 Å². The number of hydrogen-bond acceptors (Lipinski definition) is 3. The summed E-state index contributed by atoms with van der Waals surface area (Å²) in [5.74, 6) is 0.868. The Hall–Kier alpha value is -2.34. The average molecular weight is 457 g/mol. The molecule has 0 unspecified atom stereocenters. The smallest absolute Gasteiger partial charge is 0.254 e. The van der Waals surface area contributed by atoms with Gasteiger partial charge in [0.15, 0.2) is 0 Å². The third-order valence-corrected chi connectivity index (χ3v) is 6.71. The first-order chi connectivity index (χ1) is 14.0. The summed E-state index contributed by atoms with van der Waals surface area (Å²) >= 11 is 3.47. The highest BCUT2D eigenvalue weighted by molar-refractivity contribution is 9.10. The predicted octanol–water partition coefficient (Wildman–Crippen LogP) is 3.86. The van der Waals surface area contributed by atoms with Gasteiger partial charge < -0.3 is 14.5 Å². The van der Waals surface area contributed by atoms with E-state index in [2.05, 4.69) is 28.1 Å². The van der Waals surface area contributed by atoms with E-state index in [1.165, 1.54) is 0 Å². The van der Waals surface area contributed by atoms with Gasteiger partial charge in [0.05, 0.1) is 12.5 Å². The van der Waals surface area contributed by atoms with Crippen molar-refractivity contribution in [3.63, 3.8) is 0 Å². The molecule has 2 amide bonds. The van der Waals surface area contributed by atoms with Crippen molar-refractivity contribution < 1.29 is 14.3 Å². The molecule has 2 aliphatic rings. The molecular formula is C23H25BrN2O3. The van der Waals surface area contributed by atoms with Crippen molar-refractivity contribution in [1.29, 1.82) is 0 Å². The molecule has 152 valence electrons. The summed E-state index contributed by atoms with van der Waals surface area (Å²) in [6, 6.07) is 15.3. The fourth-order valence-corrected chi connectivity index (χ4v) is 4.54. The molecule has 6 heteroatoms. The highest BCUT2D eigenvalue weighted by atomic mass is 79.9. The van der Waals surface area contributed by atoms with Gasteiger partial charge in [0.25, 0.3) is 5.91 Å². The number of nitrogens with zero attached hydrogens (tertiary/aromatic N) is 2. The Balaban J connectivity index is 1.43. The number of carbonyl (C=O) groups excluding carboxylic acids is 2. The standard InChI is InChI=1S/C23H25BrN2O3/c1-29-20-5-2-4-17(16-20)21(27)25-12-14-26(15-13-25)22(28)23(10-3-11-23)18-6-8-19(24)9-7-18/h2,4-9,16H,3,10-15H2,1H3. The maximum Gasteiger partial charge on any atom is 0.254 e. The van der Waals surface area contributed by atoms with E-state index in [4.69, 9.17) is 4.74 Å². The molecular weight excluding hydrogens is 432 g/mol. The van der Waals surface area contributed by atoms with Crippen LogP contribution in [-0.4, -0.2) is 54.9 Å². The molecule has 2 fully saturated rings.